The van der Waals surface area contributed by atoms with Crippen molar-refractivity contribution in [3.8, 4) is 11.4 Å². The summed E-state index contributed by atoms with van der Waals surface area (Å²) in [5, 5.41) is 12.3. The number of aryl methyl sites for hydroxylation is 4. The maximum Gasteiger partial charge on any atom is 0.273 e. The molecule has 7 heteroatoms. The van der Waals surface area contributed by atoms with Crippen molar-refractivity contribution in [2.24, 2.45) is 0 Å². The molecule has 5 rings (SSSR count). The molecule has 0 saturated carbocycles. The molecule has 2 aromatic carbocycles. The first-order chi connectivity index (χ1) is 16.9. The van der Waals surface area contributed by atoms with Gasteiger partial charge < -0.3 is 15.0 Å². The first-order valence-electron chi connectivity index (χ1n) is 12.7. The van der Waals surface area contributed by atoms with Gasteiger partial charge in [-0.3, -0.25) is 4.79 Å². The number of hydrogen-bond donors (Lipinski definition) is 1. The molecule has 1 aromatic heterocycles. The Morgan fingerprint density at radius 3 is 2.63 bits per heavy atom. The van der Waals surface area contributed by atoms with E-state index in [-0.39, 0.29) is 18.1 Å². The fourth-order valence-electron chi connectivity index (χ4n) is 5.25. The fourth-order valence-corrected chi connectivity index (χ4v) is 5.25. The fraction of sp³-hybridized carbons (Fsp3) is 0.464. The number of aromatic nitrogens is 3. The van der Waals surface area contributed by atoms with Crippen molar-refractivity contribution in [3.05, 3.63) is 70.0 Å². The minimum absolute atomic E-state index is 0.0444. The highest BCUT2D eigenvalue weighted by atomic mass is 16.5. The summed E-state index contributed by atoms with van der Waals surface area (Å²) in [4.78, 5) is 17.1. The van der Waals surface area contributed by atoms with Crippen LogP contribution in [0.15, 0.2) is 36.4 Å². The van der Waals surface area contributed by atoms with E-state index in [2.05, 4.69) is 58.7 Å². The van der Waals surface area contributed by atoms with Crippen molar-refractivity contribution in [3.63, 3.8) is 0 Å². The van der Waals surface area contributed by atoms with Crippen LogP contribution in [0.4, 0.5) is 0 Å². The predicted octanol–water partition coefficient (Wildman–Crippen LogP) is 3.95. The van der Waals surface area contributed by atoms with Crippen LogP contribution in [0.2, 0.25) is 0 Å². The lowest BCUT2D eigenvalue weighted by atomic mass is 9.87. The number of benzene rings is 2. The number of amides is 1. The molecule has 1 aliphatic heterocycles. The van der Waals surface area contributed by atoms with E-state index in [1.807, 2.05) is 26.0 Å². The summed E-state index contributed by atoms with van der Waals surface area (Å²) in [5.41, 5.74) is 6.73. The Morgan fingerprint density at radius 1 is 1.06 bits per heavy atom. The molecule has 7 nitrogen and oxygen atoms in total. The second-order valence-corrected chi connectivity index (χ2v) is 10.1. The van der Waals surface area contributed by atoms with Gasteiger partial charge in [-0.2, -0.15) is 9.90 Å². The van der Waals surface area contributed by atoms with Crippen LogP contribution in [0.25, 0.3) is 5.69 Å². The van der Waals surface area contributed by atoms with Crippen molar-refractivity contribution in [2.75, 3.05) is 20.1 Å². The van der Waals surface area contributed by atoms with Gasteiger partial charge in [0.1, 0.15) is 11.9 Å². The zero-order valence-electron chi connectivity index (χ0n) is 21.2. The molecule has 0 radical (unpaired) electrons. The van der Waals surface area contributed by atoms with Crippen molar-refractivity contribution in [1.82, 2.24) is 25.2 Å². The van der Waals surface area contributed by atoms with Gasteiger partial charge in [-0.05, 0) is 88.7 Å². The molecule has 0 bridgehead atoms. The van der Waals surface area contributed by atoms with Gasteiger partial charge in [0.25, 0.3) is 5.91 Å². The van der Waals surface area contributed by atoms with E-state index in [1.165, 1.54) is 16.7 Å². The first-order valence-corrected chi connectivity index (χ1v) is 12.7. The zero-order chi connectivity index (χ0) is 24.5. The normalized spacial score (nSPS) is 18.8. The summed E-state index contributed by atoms with van der Waals surface area (Å²) < 4.78 is 6.47. The molecule has 1 unspecified atom stereocenters. The number of rotatable bonds is 5. The van der Waals surface area contributed by atoms with Gasteiger partial charge in [0.2, 0.25) is 0 Å². The third kappa shape index (κ3) is 5.10. The highest BCUT2D eigenvalue weighted by Gasteiger charge is 2.27. The molecule has 1 amide bonds. The summed E-state index contributed by atoms with van der Waals surface area (Å²) in [5.74, 6) is 0.814. The van der Waals surface area contributed by atoms with Gasteiger partial charge in [0, 0.05) is 19.1 Å². The standard InChI is InChI=1S/C28H35N5O2/c1-18-8-11-25(19(2)16-18)33-30-20(3)27(31-33)28(34)29-22-10-9-21-6-5-7-26(24(21)17-22)35-23-12-14-32(4)15-13-23/h5-8,11,16,22-23H,9-10,12-15,17H2,1-4H3,(H,29,34). The Hall–Kier alpha value is -3.19. The van der Waals surface area contributed by atoms with Crippen LogP contribution in [-0.2, 0) is 12.8 Å². The largest absolute Gasteiger partial charge is 0.490 e. The number of carbonyl (C=O) groups excluding carboxylic acids is 1. The van der Waals surface area contributed by atoms with E-state index in [0.717, 1.165) is 62.2 Å². The number of hydrogen-bond acceptors (Lipinski definition) is 5. The SMILES string of the molecule is Cc1ccc(-n2nc(C)c(C(=O)NC3CCc4cccc(OC5CCN(C)CC5)c4C3)n2)c(C)c1. The second-order valence-electron chi connectivity index (χ2n) is 10.1. The Labute approximate surface area is 207 Å². The van der Waals surface area contributed by atoms with Crippen molar-refractivity contribution in [1.29, 1.82) is 0 Å². The van der Waals surface area contributed by atoms with E-state index in [4.69, 9.17) is 4.74 Å². The maximum atomic E-state index is 13.2. The van der Waals surface area contributed by atoms with Crippen LogP contribution in [0.3, 0.4) is 0 Å². The molecule has 35 heavy (non-hydrogen) atoms. The number of piperidine rings is 1. The third-order valence-electron chi connectivity index (χ3n) is 7.30. The minimum atomic E-state index is -0.166. The summed E-state index contributed by atoms with van der Waals surface area (Å²) in [6.45, 7) is 8.07. The molecular formula is C28H35N5O2. The van der Waals surface area contributed by atoms with Crippen LogP contribution in [0.1, 0.15) is 57.7 Å². The molecule has 1 atom stereocenters. The highest BCUT2D eigenvalue weighted by molar-refractivity contribution is 5.93. The molecule has 1 saturated heterocycles. The lowest BCUT2D eigenvalue weighted by Crippen LogP contribution is -2.40. The molecule has 2 aliphatic rings. The van der Waals surface area contributed by atoms with E-state index in [0.29, 0.717) is 11.4 Å². The van der Waals surface area contributed by atoms with E-state index in [1.54, 1.807) is 4.80 Å². The van der Waals surface area contributed by atoms with E-state index < -0.39 is 0 Å². The summed E-state index contributed by atoms with van der Waals surface area (Å²) in [7, 11) is 2.16. The molecular weight excluding hydrogens is 438 g/mol. The van der Waals surface area contributed by atoms with Crippen LogP contribution in [0.5, 0.6) is 5.75 Å². The molecule has 184 valence electrons. The first kappa shape index (κ1) is 23.5. The number of nitrogens with zero attached hydrogens (tertiary/aromatic N) is 4. The zero-order valence-corrected chi connectivity index (χ0v) is 21.2. The van der Waals surface area contributed by atoms with Crippen LogP contribution in [0, 0.1) is 20.8 Å². The molecule has 0 spiro atoms. The quantitative estimate of drug-likeness (QED) is 0.608. The van der Waals surface area contributed by atoms with Crippen LogP contribution >= 0.6 is 0 Å². The lowest BCUT2D eigenvalue weighted by molar-refractivity contribution is 0.0925. The van der Waals surface area contributed by atoms with Gasteiger partial charge in [-0.15, -0.1) is 5.10 Å². The molecule has 3 aromatic rings. The smallest absolute Gasteiger partial charge is 0.273 e. The van der Waals surface area contributed by atoms with Gasteiger partial charge in [-0.1, -0.05) is 29.8 Å². The van der Waals surface area contributed by atoms with E-state index >= 15 is 0 Å². The van der Waals surface area contributed by atoms with Crippen molar-refractivity contribution < 1.29 is 9.53 Å². The lowest BCUT2D eigenvalue weighted by Gasteiger charge is -2.32. The Balaban J connectivity index is 1.29. The van der Waals surface area contributed by atoms with Gasteiger partial charge in [0.15, 0.2) is 5.69 Å². The number of fused-ring (bicyclic) bond motifs is 1. The maximum absolute atomic E-state index is 13.2. The third-order valence-corrected chi connectivity index (χ3v) is 7.30. The topological polar surface area (TPSA) is 72.3 Å². The summed E-state index contributed by atoms with van der Waals surface area (Å²) in [6, 6.07) is 12.5. The number of likely N-dealkylation sites (tertiary alicyclic amines) is 1. The van der Waals surface area contributed by atoms with Gasteiger partial charge in [0.05, 0.1) is 11.4 Å². The average molecular weight is 474 g/mol. The van der Waals surface area contributed by atoms with Crippen molar-refractivity contribution in [2.45, 2.75) is 65.0 Å². The second kappa shape index (κ2) is 9.82. The average Bonchev–Trinajstić information content (AvgIpc) is 3.22. The summed E-state index contributed by atoms with van der Waals surface area (Å²) >= 11 is 0. The van der Waals surface area contributed by atoms with Crippen LogP contribution < -0.4 is 10.1 Å². The molecule has 1 fully saturated rings. The number of ether oxygens (including phenoxy) is 1. The predicted molar refractivity (Wildman–Crippen MR) is 136 cm³/mol. The monoisotopic (exact) mass is 473 g/mol. The Kier molecular flexibility index (Phi) is 6.60. The highest BCUT2D eigenvalue weighted by Crippen LogP contribution is 2.32. The summed E-state index contributed by atoms with van der Waals surface area (Å²) in [6.07, 6.45) is 4.97. The van der Waals surface area contributed by atoms with E-state index in [9.17, 15) is 4.79 Å². The Bertz CT molecular complexity index is 1230. The number of nitrogens with one attached hydrogen (secondary N) is 1. The van der Waals surface area contributed by atoms with Gasteiger partial charge >= 0.3 is 0 Å². The number of carbonyl (C=O) groups is 1. The van der Waals surface area contributed by atoms with Gasteiger partial charge in [-0.25, -0.2) is 0 Å². The minimum Gasteiger partial charge on any atom is -0.490 e. The van der Waals surface area contributed by atoms with Crippen molar-refractivity contribution >= 4 is 5.91 Å². The van der Waals surface area contributed by atoms with Crippen LogP contribution in [-0.4, -0.2) is 58.1 Å². The molecule has 1 aliphatic carbocycles. The molecule has 1 N–H and O–H groups in total. The molecule has 2 heterocycles. The Morgan fingerprint density at radius 2 is 1.86 bits per heavy atom.